The van der Waals surface area contributed by atoms with E-state index in [0.29, 0.717) is 0 Å². The highest BCUT2D eigenvalue weighted by molar-refractivity contribution is 5.50. The van der Waals surface area contributed by atoms with Crippen molar-refractivity contribution in [2.45, 2.75) is 26.3 Å². The molecule has 1 atom stereocenters. The Bertz CT molecular complexity index is 374. The molecule has 1 unspecified atom stereocenters. The van der Waals surface area contributed by atoms with Gasteiger partial charge in [0.15, 0.2) is 0 Å². The third kappa shape index (κ3) is 3.37. The largest absolute Gasteiger partial charge is 0.497 e. The van der Waals surface area contributed by atoms with Gasteiger partial charge in [0.25, 0.3) is 0 Å². The van der Waals surface area contributed by atoms with Gasteiger partial charge in [-0.2, -0.15) is 0 Å². The highest BCUT2D eigenvalue weighted by Crippen LogP contribution is 2.36. The molecule has 17 heavy (non-hydrogen) atoms. The molecule has 0 bridgehead atoms. The lowest BCUT2D eigenvalue weighted by Gasteiger charge is -2.13. The summed E-state index contributed by atoms with van der Waals surface area (Å²) in [4.78, 5) is 0. The number of hydrogen-bond donors (Lipinski definition) is 2. The van der Waals surface area contributed by atoms with Crippen LogP contribution in [0, 0.1) is 11.8 Å². The molecule has 3 N–H and O–H groups in total. The van der Waals surface area contributed by atoms with Crippen LogP contribution in [-0.2, 0) is 6.54 Å². The molecule has 0 heterocycles. The Labute approximate surface area is 103 Å². The first-order valence-corrected chi connectivity index (χ1v) is 6.34. The number of methoxy groups -OCH3 is 1. The number of benzene rings is 1. The molecular formula is C14H22N2O. The Morgan fingerprint density at radius 3 is 2.88 bits per heavy atom. The Morgan fingerprint density at radius 1 is 1.47 bits per heavy atom. The maximum absolute atomic E-state index is 5.94. The van der Waals surface area contributed by atoms with Crippen LogP contribution in [0.5, 0.6) is 5.75 Å². The summed E-state index contributed by atoms with van der Waals surface area (Å²) in [6.07, 6.45) is 2.81. The number of nitrogens with one attached hydrogen (secondary N) is 1. The lowest BCUT2D eigenvalue weighted by molar-refractivity contribution is 0.413. The van der Waals surface area contributed by atoms with Crippen molar-refractivity contribution in [1.82, 2.24) is 5.32 Å². The van der Waals surface area contributed by atoms with Crippen molar-refractivity contribution >= 4 is 5.69 Å². The van der Waals surface area contributed by atoms with Gasteiger partial charge in [0.05, 0.1) is 7.11 Å². The van der Waals surface area contributed by atoms with Crippen LogP contribution >= 0.6 is 0 Å². The summed E-state index contributed by atoms with van der Waals surface area (Å²) in [7, 11) is 1.68. The molecule has 0 saturated heterocycles. The van der Waals surface area contributed by atoms with Crippen molar-refractivity contribution in [3.63, 3.8) is 0 Å². The minimum absolute atomic E-state index is 0.779. The van der Waals surface area contributed by atoms with Crippen LogP contribution < -0.4 is 15.8 Å². The van der Waals surface area contributed by atoms with Gasteiger partial charge in [-0.3, -0.25) is 0 Å². The summed E-state index contributed by atoms with van der Waals surface area (Å²) in [5.74, 6) is 2.60. The number of nitrogens with two attached hydrogens (primary N) is 1. The fraction of sp³-hybridized carbons (Fsp3) is 0.571. The van der Waals surface area contributed by atoms with Crippen molar-refractivity contribution in [2.75, 3.05) is 19.4 Å². The van der Waals surface area contributed by atoms with Gasteiger partial charge >= 0.3 is 0 Å². The Kier molecular flexibility index (Phi) is 3.89. The second-order valence-electron chi connectivity index (χ2n) is 5.01. The Balaban J connectivity index is 1.84. The molecule has 1 aliphatic rings. The van der Waals surface area contributed by atoms with Crippen molar-refractivity contribution in [1.29, 1.82) is 0 Å². The van der Waals surface area contributed by atoms with Gasteiger partial charge in [0.1, 0.15) is 5.75 Å². The van der Waals surface area contributed by atoms with Gasteiger partial charge in [-0.15, -0.1) is 0 Å². The highest BCUT2D eigenvalue weighted by Gasteiger charge is 2.27. The molecule has 0 aromatic heterocycles. The monoisotopic (exact) mass is 234 g/mol. The molecule has 2 rings (SSSR count). The second kappa shape index (κ2) is 5.41. The van der Waals surface area contributed by atoms with Crippen LogP contribution in [0.1, 0.15) is 25.3 Å². The van der Waals surface area contributed by atoms with E-state index in [2.05, 4.69) is 12.2 Å². The third-order valence-electron chi connectivity index (χ3n) is 3.56. The van der Waals surface area contributed by atoms with E-state index in [1.165, 1.54) is 12.8 Å². The number of anilines is 1. The molecule has 0 spiro atoms. The fourth-order valence-electron chi connectivity index (χ4n) is 2.13. The summed E-state index contributed by atoms with van der Waals surface area (Å²) in [6.45, 7) is 4.21. The van der Waals surface area contributed by atoms with Crippen LogP contribution in [0.2, 0.25) is 0 Å². The van der Waals surface area contributed by atoms with Gasteiger partial charge in [0, 0.05) is 12.2 Å². The first-order valence-electron chi connectivity index (χ1n) is 6.34. The first-order chi connectivity index (χ1) is 8.20. The van der Waals surface area contributed by atoms with Crippen molar-refractivity contribution in [3.05, 3.63) is 23.8 Å². The van der Waals surface area contributed by atoms with Gasteiger partial charge < -0.3 is 15.8 Å². The van der Waals surface area contributed by atoms with E-state index in [4.69, 9.17) is 10.5 Å². The number of rotatable bonds is 6. The molecule has 1 aliphatic carbocycles. The quantitative estimate of drug-likeness (QED) is 0.743. The maximum Gasteiger partial charge on any atom is 0.119 e. The van der Waals surface area contributed by atoms with Crippen LogP contribution in [0.4, 0.5) is 5.69 Å². The molecular weight excluding hydrogens is 212 g/mol. The van der Waals surface area contributed by atoms with E-state index >= 15 is 0 Å². The van der Waals surface area contributed by atoms with Gasteiger partial charge in [0.2, 0.25) is 0 Å². The first kappa shape index (κ1) is 12.2. The molecule has 0 aliphatic heterocycles. The average Bonchev–Trinajstić information content (AvgIpc) is 3.15. The molecule has 1 aromatic carbocycles. The fourth-order valence-corrected chi connectivity index (χ4v) is 2.13. The van der Waals surface area contributed by atoms with Gasteiger partial charge in [-0.1, -0.05) is 6.92 Å². The predicted octanol–water partition coefficient (Wildman–Crippen LogP) is 2.41. The minimum atomic E-state index is 0.779. The summed E-state index contributed by atoms with van der Waals surface area (Å²) < 4.78 is 5.20. The van der Waals surface area contributed by atoms with Crippen LogP contribution in [-0.4, -0.2) is 13.7 Å². The predicted molar refractivity (Wildman–Crippen MR) is 71.0 cm³/mol. The van der Waals surface area contributed by atoms with E-state index in [1.807, 2.05) is 18.2 Å². The molecule has 1 saturated carbocycles. The van der Waals surface area contributed by atoms with Crippen LogP contribution in [0.15, 0.2) is 18.2 Å². The molecule has 3 heteroatoms. The highest BCUT2D eigenvalue weighted by atomic mass is 16.5. The standard InChI is InChI=1S/C14H22N2O/c1-10(11-3-4-11)8-16-9-12-7-13(17-2)5-6-14(12)15/h5-7,10-11,16H,3-4,8-9,15H2,1-2H3. The molecule has 1 aromatic rings. The Morgan fingerprint density at radius 2 is 2.24 bits per heavy atom. The molecule has 3 nitrogen and oxygen atoms in total. The van der Waals surface area contributed by atoms with Crippen molar-refractivity contribution in [3.8, 4) is 5.75 Å². The number of ether oxygens (including phenoxy) is 1. The maximum atomic E-state index is 5.94. The minimum Gasteiger partial charge on any atom is -0.497 e. The lowest BCUT2D eigenvalue weighted by Crippen LogP contribution is -2.22. The topological polar surface area (TPSA) is 47.3 Å². The third-order valence-corrected chi connectivity index (χ3v) is 3.56. The van der Waals surface area contributed by atoms with Gasteiger partial charge in [-0.05, 0) is 55.0 Å². The van der Waals surface area contributed by atoms with Gasteiger partial charge in [-0.25, -0.2) is 0 Å². The number of hydrogen-bond acceptors (Lipinski definition) is 3. The second-order valence-corrected chi connectivity index (χ2v) is 5.01. The van der Waals surface area contributed by atoms with E-state index in [-0.39, 0.29) is 0 Å². The van der Waals surface area contributed by atoms with E-state index in [9.17, 15) is 0 Å². The van der Waals surface area contributed by atoms with E-state index < -0.39 is 0 Å². The summed E-state index contributed by atoms with van der Waals surface area (Å²) >= 11 is 0. The average molecular weight is 234 g/mol. The molecule has 94 valence electrons. The molecule has 0 amide bonds. The molecule has 1 fully saturated rings. The lowest BCUT2D eigenvalue weighted by atomic mass is 10.1. The van der Waals surface area contributed by atoms with E-state index in [0.717, 1.165) is 41.9 Å². The zero-order valence-electron chi connectivity index (χ0n) is 10.7. The van der Waals surface area contributed by atoms with E-state index in [1.54, 1.807) is 7.11 Å². The zero-order valence-corrected chi connectivity index (χ0v) is 10.7. The normalized spacial score (nSPS) is 16.8. The van der Waals surface area contributed by atoms with Crippen molar-refractivity contribution in [2.24, 2.45) is 11.8 Å². The zero-order chi connectivity index (χ0) is 12.3. The number of nitrogen functional groups attached to an aromatic ring is 1. The molecule has 0 radical (unpaired) electrons. The van der Waals surface area contributed by atoms with Crippen molar-refractivity contribution < 1.29 is 4.74 Å². The summed E-state index contributed by atoms with van der Waals surface area (Å²) in [5, 5.41) is 3.48. The smallest absolute Gasteiger partial charge is 0.119 e. The summed E-state index contributed by atoms with van der Waals surface area (Å²) in [6, 6.07) is 5.80. The summed E-state index contributed by atoms with van der Waals surface area (Å²) in [5.41, 5.74) is 7.89. The van der Waals surface area contributed by atoms with Crippen LogP contribution in [0.25, 0.3) is 0 Å². The SMILES string of the molecule is COc1ccc(N)c(CNCC(C)C2CC2)c1. The Hall–Kier alpha value is -1.22. The van der Waals surface area contributed by atoms with Crippen LogP contribution in [0.3, 0.4) is 0 Å².